The fourth-order valence-corrected chi connectivity index (χ4v) is 2.16. The van der Waals surface area contributed by atoms with E-state index in [1.165, 1.54) is 0 Å². The monoisotopic (exact) mass is 309 g/mol. The highest BCUT2D eigenvalue weighted by Gasteiger charge is 2.27. The van der Waals surface area contributed by atoms with Gasteiger partial charge in [0.05, 0.1) is 5.56 Å². The number of amides is 1. The molecule has 0 saturated heterocycles. The second-order valence-electron chi connectivity index (χ2n) is 5.36. The SMILES string of the molecule is C=CCN(C(=O)c1cc(C)ccc1Br)C(C)(C)C. The molecule has 98 valence electrons. The van der Waals surface area contributed by atoms with Gasteiger partial charge in [-0.2, -0.15) is 0 Å². The van der Waals surface area contributed by atoms with E-state index in [-0.39, 0.29) is 11.4 Å². The van der Waals surface area contributed by atoms with Crippen molar-refractivity contribution in [2.45, 2.75) is 33.2 Å². The molecule has 0 N–H and O–H groups in total. The number of carbonyl (C=O) groups excluding carboxylic acids is 1. The van der Waals surface area contributed by atoms with Crippen molar-refractivity contribution in [3.05, 3.63) is 46.5 Å². The first-order chi connectivity index (χ1) is 8.27. The summed E-state index contributed by atoms with van der Waals surface area (Å²) in [6, 6.07) is 5.81. The average molecular weight is 310 g/mol. The Morgan fingerprint density at radius 1 is 1.44 bits per heavy atom. The van der Waals surface area contributed by atoms with Crippen molar-refractivity contribution in [2.75, 3.05) is 6.54 Å². The molecule has 0 radical (unpaired) electrons. The van der Waals surface area contributed by atoms with Gasteiger partial charge in [-0.3, -0.25) is 4.79 Å². The van der Waals surface area contributed by atoms with Crippen LogP contribution in [-0.4, -0.2) is 22.9 Å². The fourth-order valence-electron chi connectivity index (χ4n) is 1.74. The summed E-state index contributed by atoms with van der Waals surface area (Å²) in [6.07, 6.45) is 1.76. The van der Waals surface area contributed by atoms with E-state index >= 15 is 0 Å². The molecule has 2 nitrogen and oxygen atoms in total. The summed E-state index contributed by atoms with van der Waals surface area (Å²) in [5.74, 6) is 0.0259. The minimum atomic E-state index is -0.228. The number of halogens is 1. The molecule has 1 rings (SSSR count). The first-order valence-electron chi connectivity index (χ1n) is 5.96. The van der Waals surface area contributed by atoms with E-state index < -0.39 is 0 Å². The molecule has 0 fully saturated rings. The van der Waals surface area contributed by atoms with Crippen LogP contribution in [0, 0.1) is 6.92 Å². The smallest absolute Gasteiger partial charge is 0.255 e. The van der Waals surface area contributed by atoms with Gasteiger partial charge < -0.3 is 4.90 Å². The minimum Gasteiger partial charge on any atom is -0.330 e. The predicted molar refractivity (Wildman–Crippen MR) is 79.9 cm³/mol. The highest BCUT2D eigenvalue weighted by atomic mass is 79.9. The van der Waals surface area contributed by atoms with Crippen LogP contribution in [0.2, 0.25) is 0 Å². The van der Waals surface area contributed by atoms with Crippen molar-refractivity contribution < 1.29 is 4.79 Å². The van der Waals surface area contributed by atoms with E-state index in [1.54, 1.807) is 6.08 Å². The third-order valence-electron chi connectivity index (χ3n) is 2.72. The number of hydrogen-bond donors (Lipinski definition) is 0. The van der Waals surface area contributed by atoms with Gasteiger partial charge in [-0.1, -0.05) is 17.7 Å². The number of carbonyl (C=O) groups is 1. The summed E-state index contributed by atoms with van der Waals surface area (Å²) in [4.78, 5) is 14.4. The van der Waals surface area contributed by atoms with Gasteiger partial charge in [0.1, 0.15) is 0 Å². The van der Waals surface area contributed by atoms with Gasteiger partial charge in [0.2, 0.25) is 0 Å². The van der Waals surface area contributed by atoms with Gasteiger partial charge in [0.25, 0.3) is 5.91 Å². The molecule has 0 aliphatic rings. The molecule has 0 unspecified atom stereocenters. The summed E-state index contributed by atoms with van der Waals surface area (Å²) < 4.78 is 0.830. The quantitative estimate of drug-likeness (QED) is 0.767. The van der Waals surface area contributed by atoms with E-state index in [1.807, 2.05) is 50.8 Å². The minimum absolute atomic E-state index is 0.0259. The van der Waals surface area contributed by atoms with Crippen molar-refractivity contribution in [2.24, 2.45) is 0 Å². The zero-order valence-corrected chi connectivity index (χ0v) is 13.0. The molecule has 0 aliphatic heterocycles. The van der Waals surface area contributed by atoms with Crippen LogP contribution in [0.25, 0.3) is 0 Å². The maximum atomic E-state index is 12.6. The van der Waals surface area contributed by atoms with Gasteiger partial charge in [0.15, 0.2) is 0 Å². The number of rotatable bonds is 3. The summed E-state index contributed by atoms with van der Waals surface area (Å²) in [7, 11) is 0. The summed E-state index contributed by atoms with van der Waals surface area (Å²) in [5.41, 5.74) is 1.55. The van der Waals surface area contributed by atoms with Gasteiger partial charge in [-0.25, -0.2) is 0 Å². The highest BCUT2D eigenvalue weighted by Crippen LogP contribution is 2.23. The molecule has 0 atom stereocenters. The van der Waals surface area contributed by atoms with Gasteiger partial charge >= 0.3 is 0 Å². The first kappa shape index (κ1) is 15.0. The lowest BCUT2D eigenvalue weighted by Crippen LogP contribution is -2.45. The number of benzene rings is 1. The normalized spacial score (nSPS) is 11.2. The van der Waals surface area contributed by atoms with Gasteiger partial charge in [-0.15, -0.1) is 6.58 Å². The van der Waals surface area contributed by atoms with Crippen LogP contribution in [0.5, 0.6) is 0 Å². The molecule has 0 aliphatic carbocycles. The van der Waals surface area contributed by atoms with E-state index in [2.05, 4.69) is 22.5 Å². The van der Waals surface area contributed by atoms with E-state index in [0.29, 0.717) is 12.1 Å². The Hall–Kier alpha value is -1.09. The van der Waals surface area contributed by atoms with E-state index in [4.69, 9.17) is 0 Å². The Kier molecular flexibility index (Phi) is 4.74. The molecule has 1 aromatic rings. The van der Waals surface area contributed by atoms with Crippen molar-refractivity contribution in [3.63, 3.8) is 0 Å². The van der Waals surface area contributed by atoms with Crippen molar-refractivity contribution >= 4 is 21.8 Å². The van der Waals surface area contributed by atoms with Crippen LogP contribution in [0.15, 0.2) is 35.3 Å². The molecule has 0 bridgehead atoms. The van der Waals surface area contributed by atoms with Crippen LogP contribution >= 0.6 is 15.9 Å². The van der Waals surface area contributed by atoms with E-state index in [0.717, 1.165) is 10.0 Å². The van der Waals surface area contributed by atoms with Crippen molar-refractivity contribution in [1.82, 2.24) is 4.90 Å². The Morgan fingerprint density at radius 2 is 2.06 bits per heavy atom. The van der Waals surface area contributed by atoms with Crippen molar-refractivity contribution in [3.8, 4) is 0 Å². The van der Waals surface area contributed by atoms with Gasteiger partial charge in [0, 0.05) is 16.6 Å². The molecule has 3 heteroatoms. The summed E-state index contributed by atoms with van der Waals surface area (Å²) in [6.45, 7) is 12.3. The largest absolute Gasteiger partial charge is 0.330 e. The Balaban J connectivity index is 3.17. The van der Waals surface area contributed by atoms with Crippen LogP contribution < -0.4 is 0 Å². The lowest BCUT2D eigenvalue weighted by Gasteiger charge is -2.35. The van der Waals surface area contributed by atoms with Crippen molar-refractivity contribution in [1.29, 1.82) is 0 Å². The zero-order valence-electron chi connectivity index (χ0n) is 11.5. The number of nitrogens with zero attached hydrogens (tertiary/aromatic N) is 1. The Labute approximate surface area is 118 Å². The maximum Gasteiger partial charge on any atom is 0.255 e. The lowest BCUT2D eigenvalue weighted by atomic mass is 10.0. The number of aryl methyl sites for hydroxylation is 1. The highest BCUT2D eigenvalue weighted by molar-refractivity contribution is 9.10. The first-order valence-corrected chi connectivity index (χ1v) is 6.75. The average Bonchev–Trinajstić information content (AvgIpc) is 2.27. The Bertz CT molecular complexity index is 460. The molecule has 18 heavy (non-hydrogen) atoms. The van der Waals surface area contributed by atoms with Crippen LogP contribution in [0.3, 0.4) is 0 Å². The molecule has 1 aromatic carbocycles. The van der Waals surface area contributed by atoms with Crippen LogP contribution in [-0.2, 0) is 0 Å². The molecule has 0 heterocycles. The second-order valence-corrected chi connectivity index (χ2v) is 6.21. The van der Waals surface area contributed by atoms with Gasteiger partial charge in [-0.05, 0) is 55.8 Å². The molecule has 0 spiro atoms. The zero-order chi connectivity index (χ0) is 13.9. The molecule has 1 amide bonds. The summed E-state index contributed by atoms with van der Waals surface area (Å²) >= 11 is 3.44. The third kappa shape index (κ3) is 3.45. The van der Waals surface area contributed by atoms with E-state index in [9.17, 15) is 4.79 Å². The van der Waals surface area contributed by atoms with Crippen LogP contribution in [0.4, 0.5) is 0 Å². The fraction of sp³-hybridized carbons (Fsp3) is 0.400. The number of hydrogen-bond acceptors (Lipinski definition) is 1. The molecule has 0 saturated carbocycles. The van der Waals surface area contributed by atoms with Crippen LogP contribution in [0.1, 0.15) is 36.7 Å². The standard InChI is InChI=1S/C15H20BrNO/c1-6-9-17(15(3,4)5)14(18)12-10-11(2)7-8-13(12)16/h6-8,10H,1,9H2,2-5H3. The lowest BCUT2D eigenvalue weighted by molar-refractivity contribution is 0.0615. The summed E-state index contributed by atoms with van der Waals surface area (Å²) in [5, 5.41) is 0. The Morgan fingerprint density at radius 3 is 2.56 bits per heavy atom. The third-order valence-corrected chi connectivity index (χ3v) is 3.41. The maximum absolute atomic E-state index is 12.6. The second kappa shape index (κ2) is 5.70. The predicted octanol–water partition coefficient (Wildman–Crippen LogP) is 4.18. The molecular formula is C15H20BrNO. The molecular weight excluding hydrogens is 290 g/mol. The topological polar surface area (TPSA) is 20.3 Å². The molecule has 0 aromatic heterocycles.